The SMILES string of the molecule is CCCn1c(=O)c2c(nc3n(C(C)CC)c(C)cn23)n(C)c1=O. The fourth-order valence-electron chi connectivity index (χ4n) is 3.18. The minimum Gasteiger partial charge on any atom is -0.311 e. The van der Waals surface area contributed by atoms with Crippen LogP contribution in [-0.4, -0.2) is 23.1 Å². The molecule has 7 heteroatoms. The van der Waals surface area contributed by atoms with Crippen molar-refractivity contribution in [2.75, 3.05) is 0 Å². The summed E-state index contributed by atoms with van der Waals surface area (Å²) in [7, 11) is 1.67. The average Bonchev–Trinajstić information content (AvgIpc) is 3.03. The molecule has 23 heavy (non-hydrogen) atoms. The van der Waals surface area contributed by atoms with Crippen molar-refractivity contribution in [3.8, 4) is 0 Å². The van der Waals surface area contributed by atoms with E-state index in [-0.39, 0.29) is 17.3 Å². The molecule has 3 aromatic rings. The highest BCUT2D eigenvalue weighted by Gasteiger charge is 2.21. The van der Waals surface area contributed by atoms with E-state index in [0.717, 1.165) is 18.5 Å². The molecule has 0 fully saturated rings. The zero-order chi connectivity index (χ0) is 16.9. The van der Waals surface area contributed by atoms with Gasteiger partial charge in [0.2, 0.25) is 5.78 Å². The smallest absolute Gasteiger partial charge is 0.311 e. The summed E-state index contributed by atoms with van der Waals surface area (Å²) in [5.74, 6) is 0.716. The molecular weight excluding hydrogens is 294 g/mol. The summed E-state index contributed by atoms with van der Waals surface area (Å²) in [6, 6.07) is 0.277. The van der Waals surface area contributed by atoms with Gasteiger partial charge in [0.1, 0.15) is 0 Å². The summed E-state index contributed by atoms with van der Waals surface area (Å²) < 4.78 is 6.71. The maximum Gasteiger partial charge on any atom is 0.332 e. The Kier molecular flexibility index (Phi) is 3.66. The number of hydrogen-bond donors (Lipinski definition) is 0. The van der Waals surface area contributed by atoms with Crippen molar-refractivity contribution >= 4 is 16.9 Å². The molecule has 0 aliphatic rings. The van der Waals surface area contributed by atoms with E-state index in [1.807, 2.05) is 24.4 Å². The molecule has 3 aromatic heterocycles. The molecule has 0 aliphatic carbocycles. The third-order valence-corrected chi connectivity index (χ3v) is 4.55. The fraction of sp³-hybridized carbons (Fsp3) is 0.562. The summed E-state index contributed by atoms with van der Waals surface area (Å²) in [5.41, 5.74) is 1.40. The first-order chi connectivity index (χ1) is 10.9. The van der Waals surface area contributed by atoms with Gasteiger partial charge in [0.15, 0.2) is 11.2 Å². The van der Waals surface area contributed by atoms with Crippen LogP contribution in [0.1, 0.15) is 45.3 Å². The Morgan fingerprint density at radius 3 is 2.57 bits per heavy atom. The maximum atomic E-state index is 12.8. The summed E-state index contributed by atoms with van der Waals surface area (Å²) in [6.07, 6.45) is 3.63. The van der Waals surface area contributed by atoms with Crippen molar-refractivity contribution in [3.63, 3.8) is 0 Å². The van der Waals surface area contributed by atoms with Crippen molar-refractivity contribution in [2.24, 2.45) is 7.05 Å². The van der Waals surface area contributed by atoms with Gasteiger partial charge in [-0.25, -0.2) is 4.79 Å². The van der Waals surface area contributed by atoms with Gasteiger partial charge in [-0.1, -0.05) is 13.8 Å². The van der Waals surface area contributed by atoms with Gasteiger partial charge in [-0.15, -0.1) is 0 Å². The molecule has 3 heterocycles. The van der Waals surface area contributed by atoms with E-state index in [4.69, 9.17) is 0 Å². The van der Waals surface area contributed by atoms with Crippen LogP contribution < -0.4 is 11.2 Å². The lowest BCUT2D eigenvalue weighted by molar-refractivity contribution is 0.532. The molecule has 1 unspecified atom stereocenters. The van der Waals surface area contributed by atoms with Crippen LogP contribution in [0.25, 0.3) is 16.9 Å². The van der Waals surface area contributed by atoms with Crippen molar-refractivity contribution in [2.45, 2.75) is 53.1 Å². The van der Waals surface area contributed by atoms with Gasteiger partial charge >= 0.3 is 5.69 Å². The average molecular weight is 317 g/mol. The topological polar surface area (TPSA) is 66.2 Å². The normalized spacial score (nSPS) is 13.3. The highest BCUT2D eigenvalue weighted by molar-refractivity contribution is 5.75. The Bertz CT molecular complexity index is 1000. The minimum atomic E-state index is -0.308. The van der Waals surface area contributed by atoms with Gasteiger partial charge in [-0.05, 0) is 26.7 Å². The molecule has 0 N–H and O–H groups in total. The minimum absolute atomic E-state index is 0.265. The van der Waals surface area contributed by atoms with Crippen LogP contribution in [0.4, 0.5) is 0 Å². The third-order valence-electron chi connectivity index (χ3n) is 4.55. The van der Waals surface area contributed by atoms with E-state index in [9.17, 15) is 9.59 Å². The molecule has 0 saturated carbocycles. The second-order valence-electron chi connectivity index (χ2n) is 6.15. The highest BCUT2D eigenvalue weighted by atomic mass is 16.2. The number of hydrogen-bond acceptors (Lipinski definition) is 3. The number of aromatic nitrogens is 5. The van der Waals surface area contributed by atoms with E-state index >= 15 is 0 Å². The van der Waals surface area contributed by atoms with E-state index < -0.39 is 0 Å². The van der Waals surface area contributed by atoms with Crippen molar-refractivity contribution < 1.29 is 0 Å². The van der Waals surface area contributed by atoms with E-state index in [0.29, 0.717) is 23.5 Å². The monoisotopic (exact) mass is 317 g/mol. The van der Waals surface area contributed by atoms with Crippen LogP contribution in [-0.2, 0) is 13.6 Å². The molecule has 0 amide bonds. The molecule has 0 aliphatic heterocycles. The second kappa shape index (κ2) is 5.40. The summed E-state index contributed by atoms with van der Waals surface area (Å²) >= 11 is 0. The molecule has 1 atom stereocenters. The van der Waals surface area contributed by atoms with Crippen LogP contribution in [0.15, 0.2) is 15.8 Å². The highest BCUT2D eigenvalue weighted by Crippen LogP contribution is 2.22. The molecule has 0 saturated heterocycles. The van der Waals surface area contributed by atoms with Gasteiger partial charge < -0.3 is 4.57 Å². The van der Waals surface area contributed by atoms with Crippen LogP contribution in [0.3, 0.4) is 0 Å². The summed E-state index contributed by atoms with van der Waals surface area (Å²) in [6.45, 7) is 8.62. The van der Waals surface area contributed by atoms with Gasteiger partial charge in [0.05, 0.1) is 0 Å². The van der Waals surface area contributed by atoms with Gasteiger partial charge in [0, 0.05) is 31.5 Å². The zero-order valence-electron chi connectivity index (χ0n) is 14.3. The van der Waals surface area contributed by atoms with Crippen molar-refractivity contribution in [1.82, 2.24) is 23.1 Å². The lowest BCUT2D eigenvalue weighted by Crippen LogP contribution is -2.39. The van der Waals surface area contributed by atoms with Gasteiger partial charge in [0.25, 0.3) is 5.56 Å². The van der Waals surface area contributed by atoms with Gasteiger partial charge in [-0.3, -0.25) is 18.3 Å². The Morgan fingerprint density at radius 2 is 1.96 bits per heavy atom. The summed E-state index contributed by atoms with van der Waals surface area (Å²) in [4.78, 5) is 29.8. The lowest BCUT2D eigenvalue weighted by atomic mass is 10.2. The Morgan fingerprint density at radius 1 is 1.26 bits per heavy atom. The molecule has 0 aromatic carbocycles. The zero-order valence-corrected chi connectivity index (χ0v) is 14.3. The van der Waals surface area contributed by atoms with E-state index in [1.165, 1.54) is 9.13 Å². The number of rotatable bonds is 4. The molecule has 0 spiro atoms. The molecule has 3 rings (SSSR count). The molecular formula is C16H23N5O2. The number of nitrogens with zero attached hydrogens (tertiary/aromatic N) is 5. The quantitative estimate of drug-likeness (QED) is 0.737. The standard InChI is InChI=1S/C16H23N5O2/c1-6-8-19-14(22)12-13(18(5)16(19)23)17-15-20(12)9-11(4)21(15)10(3)7-2/h9-10H,6-8H2,1-5H3. The Hall–Kier alpha value is -2.31. The van der Waals surface area contributed by atoms with Crippen molar-refractivity contribution in [1.29, 1.82) is 0 Å². The maximum absolute atomic E-state index is 12.8. The molecule has 7 nitrogen and oxygen atoms in total. The first-order valence-electron chi connectivity index (χ1n) is 8.11. The predicted octanol–water partition coefficient (Wildman–Crippen LogP) is 1.84. The van der Waals surface area contributed by atoms with Gasteiger partial charge in [-0.2, -0.15) is 4.98 Å². The molecule has 124 valence electrons. The lowest BCUT2D eigenvalue weighted by Gasteiger charge is -2.12. The fourth-order valence-corrected chi connectivity index (χ4v) is 3.18. The largest absolute Gasteiger partial charge is 0.332 e. The number of aryl methyl sites for hydroxylation is 2. The predicted molar refractivity (Wildman–Crippen MR) is 90.2 cm³/mol. The molecule has 0 radical (unpaired) electrons. The summed E-state index contributed by atoms with van der Waals surface area (Å²) in [5, 5.41) is 0. The Labute approximate surface area is 133 Å². The first kappa shape index (κ1) is 15.6. The van der Waals surface area contributed by atoms with Crippen LogP contribution >= 0.6 is 0 Å². The number of imidazole rings is 2. The third kappa shape index (κ3) is 2.06. The van der Waals surface area contributed by atoms with Crippen molar-refractivity contribution in [3.05, 3.63) is 32.7 Å². The van der Waals surface area contributed by atoms with E-state index in [1.54, 1.807) is 7.05 Å². The van der Waals surface area contributed by atoms with E-state index in [2.05, 4.69) is 23.4 Å². The van der Waals surface area contributed by atoms with Crippen LogP contribution in [0.2, 0.25) is 0 Å². The number of fused-ring (bicyclic) bond motifs is 3. The first-order valence-corrected chi connectivity index (χ1v) is 8.11. The molecule has 0 bridgehead atoms. The second-order valence-corrected chi connectivity index (χ2v) is 6.15. The van der Waals surface area contributed by atoms with Crippen LogP contribution in [0.5, 0.6) is 0 Å². The Balaban J connectivity index is 2.50. The van der Waals surface area contributed by atoms with Crippen LogP contribution in [0, 0.1) is 6.92 Å².